The van der Waals surface area contributed by atoms with E-state index in [1.54, 1.807) is 0 Å². The third kappa shape index (κ3) is 4.29. The molecule has 136 valence electrons. The third-order valence-electron chi connectivity index (χ3n) is 6.40. The lowest BCUT2D eigenvalue weighted by Crippen LogP contribution is -2.48. The highest BCUT2D eigenvalue weighted by atomic mass is 16.2. The fraction of sp³-hybridized carbons (Fsp3) is 0.895. The van der Waals surface area contributed by atoms with Gasteiger partial charge in [-0.15, -0.1) is 0 Å². The van der Waals surface area contributed by atoms with Crippen molar-refractivity contribution in [3.05, 3.63) is 0 Å². The molecule has 5 heteroatoms. The van der Waals surface area contributed by atoms with Gasteiger partial charge in [-0.05, 0) is 56.9 Å². The van der Waals surface area contributed by atoms with Gasteiger partial charge in [-0.3, -0.25) is 9.59 Å². The van der Waals surface area contributed by atoms with Crippen LogP contribution in [0.4, 0.5) is 0 Å². The summed E-state index contributed by atoms with van der Waals surface area (Å²) in [5, 5.41) is 3.20. The molecule has 0 unspecified atom stereocenters. The molecule has 2 saturated carbocycles. The Labute approximate surface area is 145 Å². The van der Waals surface area contributed by atoms with Gasteiger partial charge < -0.3 is 16.0 Å². The van der Waals surface area contributed by atoms with Gasteiger partial charge in [-0.1, -0.05) is 19.3 Å². The number of piperidine rings is 1. The summed E-state index contributed by atoms with van der Waals surface area (Å²) in [6.45, 7) is 2.19. The number of carbonyl (C=O) groups is 2. The number of nitrogens with two attached hydrogens (primary N) is 1. The summed E-state index contributed by atoms with van der Waals surface area (Å²) in [5.41, 5.74) is 5.82. The molecule has 2 atom stereocenters. The van der Waals surface area contributed by atoms with E-state index in [4.69, 9.17) is 5.73 Å². The number of hydrogen-bond donors (Lipinski definition) is 2. The van der Waals surface area contributed by atoms with Crippen molar-refractivity contribution in [1.29, 1.82) is 0 Å². The first-order chi connectivity index (χ1) is 11.7. The molecule has 1 saturated heterocycles. The molecule has 0 spiro atoms. The first-order valence-electron chi connectivity index (χ1n) is 9.95. The standard InChI is InChI=1S/C19H33N3O2/c20-13-15-6-3-7-17(15)19(24)22-10-8-16(9-11-22)21-18(23)12-14-4-1-2-5-14/h14-17H,1-13,20H2,(H,21,23)/t15-,17-/m1/s1. The van der Waals surface area contributed by atoms with E-state index in [2.05, 4.69) is 5.32 Å². The number of rotatable bonds is 5. The van der Waals surface area contributed by atoms with Crippen molar-refractivity contribution in [2.24, 2.45) is 23.5 Å². The molecule has 0 radical (unpaired) electrons. The van der Waals surface area contributed by atoms with Gasteiger partial charge >= 0.3 is 0 Å². The van der Waals surface area contributed by atoms with Crippen molar-refractivity contribution in [1.82, 2.24) is 10.2 Å². The summed E-state index contributed by atoms with van der Waals surface area (Å²) in [6.07, 6.45) is 10.7. The Morgan fingerprint density at radius 3 is 2.33 bits per heavy atom. The van der Waals surface area contributed by atoms with Gasteiger partial charge in [-0.25, -0.2) is 0 Å². The molecule has 3 N–H and O–H groups in total. The number of likely N-dealkylation sites (tertiary alicyclic amines) is 1. The normalized spacial score (nSPS) is 29.1. The van der Waals surface area contributed by atoms with Crippen molar-refractivity contribution < 1.29 is 9.59 Å². The lowest BCUT2D eigenvalue weighted by atomic mass is 9.93. The Morgan fingerprint density at radius 1 is 0.958 bits per heavy atom. The van der Waals surface area contributed by atoms with Gasteiger partial charge in [-0.2, -0.15) is 0 Å². The molecule has 2 amide bonds. The highest BCUT2D eigenvalue weighted by Crippen LogP contribution is 2.33. The van der Waals surface area contributed by atoms with Gasteiger partial charge in [0.15, 0.2) is 0 Å². The average molecular weight is 335 g/mol. The van der Waals surface area contributed by atoms with Crippen LogP contribution in [-0.2, 0) is 9.59 Å². The Kier molecular flexibility index (Phi) is 6.14. The number of nitrogens with zero attached hydrogens (tertiary/aromatic N) is 1. The maximum absolute atomic E-state index is 12.7. The number of carbonyl (C=O) groups excluding carboxylic acids is 2. The van der Waals surface area contributed by atoms with E-state index < -0.39 is 0 Å². The smallest absolute Gasteiger partial charge is 0.226 e. The fourth-order valence-corrected chi connectivity index (χ4v) is 4.89. The predicted molar refractivity (Wildman–Crippen MR) is 94.2 cm³/mol. The van der Waals surface area contributed by atoms with Crippen molar-refractivity contribution in [3.8, 4) is 0 Å². The Bertz CT molecular complexity index is 440. The Balaban J connectivity index is 1.40. The largest absolute Gasteiger partial charge is 0.353 e. The van der Waals surface area contributed by atoms with Crippen LogP contribution in [0.25, 0.3) is 0 Å². The Hall–Kier alpha value is -1.10. The van der Waals surface area contributed by atoms with Gasteiger partial charge in [0.1, 0.15) is 0 Å². The van der Waals surface area contributed by atoms with Gasteiger partial charge in [0, 0.05) is 31.5 Å². The van der Waals surface area contributed by atoms with Crippen LogP contribution < -0.4 is 11.1 Å². The van der Waals surface area contributed by atoms with Gasteiger partial charge in [0.05, 0.1) is 0 Å². The van der Waals surface area contributed by atoms with E-state index in [1.165, 1.54) is 25.7 Å². The molecule has 3 rings (SSSR count). The van der Waals surface area contributed by atoms with Crippen LogP contribution in [0, 0.1) is 17.8 Å². The summed E-state index contributed by atoms with van der Waals surface area (Å²) < 4.78 is 0. The molecular formula is C19H33N3O2. The number of hydrogen-bond acceptors (Lipinski definition) is 3. The maximum atomic E-state index is 12.7. The van der Waals surface area contributed by atoms with Crippen LogP contribution >= 0.6 is 0 Å². The monoisotopic (exact) mass is 335 g/mol. The van der Waals surface area contributed by atoms with E-state index in [9.17, 15) is 9.59 Å². The molecule has 0 aromatic heterocycles. The maximum Gasteiger partial charge on any atom is 0.226 e. The quantitative estimate of drug-likeness (QED) is 0.807. The van der Waals surface area contributed by atoms with E-state index in [1.807, 2.05) is 4.90 Å². The molecule has 0 bridgehead atoms. The minimum absolute atomic E-state index is 0.142. The second-order valence-electron chi connectivity index (χ2n) is 8.05. The molecule has 0 aromatic carbocycles. The van der Waals surface area contributed by atoms with Gasteiger partial charge in [0.25, 0.3) is 0 Å². The molecule has 24 heavy (non-hydrogen) atoms. The first-order valence-corrected chi connectivity index (χ1v) is 9.95. The summed E-state index contributed by atoms with van der Waals surface area (Å²) in [4.78, 5) is 26.9. The predicted octanol–water partition coefficient (Wildman–Crippen LogP) is 2.05. The summed E-state index contributed by atoms with van der Waals surface area (Å²) >= 11 is 0. The number of amides is 2. The molecule has 3 aliphatic rings. The van der Waals surface area contributed by atoms with Crippen LogP contribution in [0.15, 0.2) is 0 Å². The highest BCUT2D eigenvalue weighted by Gasteiger charge is 2.36. The van der Waals surface area contributed by atoms with E-state index in [0.29, 0.717) is 30.7 Å². The zero-order valence-corrected chi connectivity index (χ0v) is 14.8. The third-order valence-corrected chi connectivity index (χ3v) is 6.40. The summed E-state index contributed by atoms with van der Waals surface area (Å²) in [7, 11) is 0. The highest BCUT2D eigenvalue weighted by molar-refractivity contribution is 5.80. The second kappa shape index (κ2) is 8.32. The zero-order chi connectivity index (χ0) is 16.9. The minimum atomic E-state index is 0.142. The van der Waals surface area contributed by atoms with Crippen LogP contribution in [-0.4, -0.2) is 42.4 Å². The van der Waals surface area contributed by atoms with Crippen LogP contribution in [0.3, 0.4) is 0 Å². The molecular weight excluding hydrogens is 302 g/mol. The average Bonchev–Trinajstić information content (AvgIpc) is 3.25. The first kappa shape index (κ1) is 17.7. The van der Waals surface area contributed by atoms with E-state index >= 15 is 0 Å². The topological polar surface area (TPSA) is 75.4 Å². The molecule has 1 heterocycles. The number of nitrogens with one attached hydrogen (secondary N) is 1. The SMILES string of the molecule is NC[C@H]1CCC[C@H]1C(=O)N1CCC(NC(=O)CC2CCCC2)CC1. The van der Waals surface area contributed by atoms with Crippen LogP contribution in [0.2, 0.25) is 0 Å². The lowest BCUT2D eigenvalue weighted by molar-refractivity contribution is -0.137. The summed E-state index contributed by atoms with van der Waals surface area (Å²) in [6, 6.07) is 0.247. The van der Waals surface area contributed by atoms with Crippen LogP contribution in [0.5, 0.6) is 0 Å². The lowest BCUT2D eigenvalue weighted by Gasteiger charge is -2.35. The molecule has 3 fully saturated rings. The molecule has 0 aromatic rings. The van der Waals surface area contributed by atoms with Crippen molar-refractivity contribution in [2.45, 2.75) is 70.3 Å². The van der Waals surface area contributed by atoms with Crippen molar-refractivity contribution >= 4 is 11.8 Å². The van der Waals surface area contributed by atoms with Gasteiger partial charge in [0.2, 0.25) is 11.8 Å². The summed E-state index contributed by atoms with van der Waals surface area (Å²) in [5.74, 6) is 1.64. The van der Waals surface area contributed by atoms with Crippen LogP contribution in [0.1, 0.15) is 64.2 Å². The van der Waals surface area contributed by atoms with Crippen molar-refractivity contribution in [2.75, 3.05) is 19.6 Å². The van der Waals surface area contributed by atoms with Crippen molar-refractivity contribution in [3.63, 3.8) is 0 Å². The molecule has 1 aliphatic heterocycles. The van der Waals surface area contributed by atoms with E-state index in [0.717, 1.165) is 45.2 Å². The Morgan fingerprint density at radius 2 is 1.67 bits per heavy atom. The van der Waals surface area contributed by atoms with E-state index in [-0.39, 0.29) is 17.9 Å². The second-order valence-corrected chi connectivity index (χ2v) is 8.05. The molecule has 2 aliphatic carbocycles. The fourth-order valence-electron chi connectivity index (χ4n) is 4.89. The minimum Gasteiger partial charge on any atom is -0.353 e. The molecule has 5 nitrogen and oxygen atoms in total. The zero-order valence-electron chi connectivity index (χ0n) is 14.8.